The summed E-state index contributed by atoms with van der Waals surface area (Å²) in [5, 5.41) is 2.60. The molecular weight excluding hydrogens is 414 g/mol. The van der Waals surface area contributed by atoms with Crippen LogP contribution in [0.1, 0.15) is 32.3 Å². The smallest absolute Gasteiger partial charge is 0.407 e. The quantitative estimate of drug-likeness (QED) is 0.621. The number of ether oxygens (including phenoxy) is 5. The minimum atomic E-state index is -0.497. The summed E-state index contributed by atoms with van der Waals surface area (Å²) in [6.45, 7) is 6.91. The molecular formula is C24H31NO7. The molecule has 2 aliphatic rings. The first-order valence-electron chi connectivity index (χ1n) is 10.6. The summed E-state index contributed by atoms with van der Waals surface area (Å²) in [6, 6.07) is 3.59. The molecule has 1 aliphatic carbocycles. The van der Waals surface area contributed by atoms with E-state index in [1.807, 2.05) is 39.0 Å². The first-order valence-corrected chi connectivity index (χ1v) is 10.6. The largest absolute Gasteiger partial charge is 0.500 e. The predicted molar refractivity (Wildman–Crippen MR) is 118 cm³/mol. The minimum Gasteiger partial charge on any atom is -0.500 e. The first kappa shape index (κ1) is 23.5. The number of alkyl carbamates (subject to hydrolysis) is 1. The molecule has 1 aromatic carbocycles. The fourth-order valence-electron chi connectivity index (χ4n) is 3.67. The van der Waals surface area contributed by atoms with Gasteiger partial charge in [0.05, 0.1) is 38.9 Å². The molecule has 1 aliphatic heterocycles. The maximum absolute atomic E-state index is 13.2. The molecule has 8 nitrogen and oxygen atoms in total. The Bertz CT molecular complexity index is 919. The highest BCUT2D eigenvalue weighted by molar-refractivity contribution is 5.95. The topological polar surface area (TPSA) is 92.3 Å². The zero-order chi connectivity index (χ0) is 23.3. The summed E-state index contributed by atoms with van der Waals surface area (Å²) >= 11 is 0. The van der Waals surface area contributed by atoms with Crippen molar-refractivity contribution in [2.24, 2.45) is 11.3 Å². The monoisotopic (exact) mass is 445 g/mol. The number of methoxy groups -OCH3 is 2. The first-order chi connectivity index (χ1) is 15.3. The Morgan fingerprint density at radius 3 is 2.66 bits per heavy atom. The Labute approximate surface area is 188 Å². The number of Topliss-reactive ketones (excluding diaryl/α,β-unsaturated/α-hetero) is 1. The van der Waals surface area contributed by atoms with Crippen molar-refractivity contribution < 1.29 is 33.3 Å². The highest BCUT2D eigenvalue weighted by Gasteiger charge is 2.37. The third kappa shape index (κ3) is 5.00. The van der Waals surface area contributed by atoms with Crippen LogP contribution in [0.15, 0.2) is 36.1 Å². The molecule has 0 saturated heterocycles. The number of carbonyl (C=O) groups is 2. The lowest BCUT2D eigenvalue weighted by atomic mass is 9.79. The standard InChI is InChI=1S/C24H31NO7/c1-6-25-23(27)32-14-24(2,3)13-31-21-17(9-10-19(28-4)22(21)29-5)16-8-7-15-11-30-12-18(15)20(16)26/h7-11,16,18H,6,12-14H2,1-5H3,(H,25,27). The zero-order valence-corrected chi connectivity index (χ0v) is 19.2. The van der Waals surface area contributed by atoms with Gasteiger partial charge in [0.25, 0.3) is 0 Å². The van der Waals surface area contributed by atoms with Crippen molar-refractivity contribution in [2.75, 3.05) is 40.6 Å². The molecule has 2 unspecified atom stereocenters. The van der Waals surface area contributed by atoms with E-state index in [2.05, 4.69) is 5.32 Å². The van der Waals surface area contributed by atoms with Crippen molar-refractivity contribution in [3.8, 4) is 17.2 Å². The number of allylic oxidation sites excluding steroid dienone is 2. The summed E-state index contributed by atoms with van der Waals surface area (Å²) in [5.41, 5.74) is 1.09. The molecule has 0 saturated carbocycles. The van der Waals surface area contributed by atoms with E-state index in [0.717, 1.165) is 5.57 Å². The van der Waals surface area contributed by atoms with Gasteiger partial charge < -0.3 is 29.0 Å². The van der Waals surface area contributed by atoms with E-state index < -0.39 is 17.4 Å². The Kier molecular flexibility index (Phi) is 7.33. The minimum absolute atomic E-state index is 0.0483. The predicted octanol–water partition coefficient (Wildman–Crippen LogP) is 3.61. The number of ketones is 1. The summed E-state index contributed by atoms with van der Waals surface area (Å²) in [6.07, 6.45) is 4.95. The number of nitrogens with one attached hydrogen (secondary N) is 1. The van der Waals surface area contributed by atoms with Crippen LogP contribution in [0.2, 0.25) is 0 Å². The number of hydrogen-bond acceptors (Lipinski definition) is 7. The van der Waals surface area contributed by atoms with Gasteiger partial charge in [0.1, 0.15) is 13.2 Å². The second-order valence-corrected chi connectivity index (χ2v) is 8.52. The molecule has 1 aromatic rings. The van der Waals surface area contributed by atoms with Crippen molar-refractivity contribution in [1.29, 1.82) is 0 Å². The molecule has 32 heavy (non-hydrogen) atoms. The third-order valence-corrected chi connectivity index (χ3v) is 5.40. The van der Waals surface area contributed by atoms with Crippen molar-refractivity contribution in [3.63, 3.8) is 0 Å². The SMILES string of the molecule is CCNC(=O)OCC(C)(C)COc1c(C2C=CC3=COCC3C2=O)ccc(OC)c1OC. The van der Waals surface area contributed by atoms with Crippen molar-refractivity contribution in [3.05, 3.63) is 41.7 Å². The lowest BCUT2D eigenvalue weighted by molar-refractivity contribution is -0.122. The van der Waals surface area contributed by atoms with Gasteiger partial charge in [0.2, 0.25) is 5.75 Å². The van der Waals surface area contributed by atoms with Gasteiger partial charge in [-0.2, -0.15) is 0 Å². The Morgan fingerprint density at radius 2 is 1.97 bits per heavy atom. The van der Waals surface area contributed by atoms with Gasteiger partial charge in [-0.1, -0.05) is 32.1 Å². The molecule has 0 aromatic heterocycles. The van der Waals surface area contributed by atoms with Crippen LogP contribution in [-0.4, -0.2) is 52.5 Å². The van der Waals surface area contributed by atoms with E-state index in [9.17, 15) is 9.59 Å². The lowest BCUT2D eigenvalue weighted by Crippen LogP contribution is -2.33. The van der Waals surface area contributed by atoms with E-state index in [1.54, 1.807) is 19.4 Å². The van der Waals surface area contributed by atoms with Crippen molar-refractivity contribution in [1.82, 2.24) is 5.32 Å². The van der Waals surface area contributed by atoms with Gasteiger partial charge in [0, 0.05) is 23.1 Å². The van der Waals surface area contributed by atoms with Gasteiger partial charge in [0.15, 0.2) is 17.3 Å². The lowest BCUT2D eigenvalue weighted by Gasteiger charge is -2.28. The summed E-state index contributed by atoms with van der Waals surface area (Å²) in [4.78, 5) is 24.9. The normalized spacial score (nSPS) is 19.5. The summed E-state index contributed by atoms with van der Waals surface area (Å²) in [5.74, 6) is 0.617. The molecule has 174 valence electrons. The van der Waals surface area contributed by atoms with Gasteiger partial charge in [-0.05, 0) is 13.0 Å². The molecule has 3 rings (SSSR count). The van der Waals surface area contributed by atoms with Crippen LogP contribution in [0, 0.1) is 11.3 Å². The fourth-order valence-corrected chi connectivity index (χ4v) is 3.67. The highest BCUT2D eigenvalue weighted by Crippen LogP contribution is 2.46. The molecule has 0 radical (unpaired) electrons. The van der Waals surface area contributed by atoms with Crippen LogP contribution in [0.3, 0.4) is 0 Å². The second-order valence-electron chi connectivity index (χ2n) is 8.52. The Hall–Kier alpha value is -3.16. The molecule has 0 bridgehead atoms. The number of amides is 1. The van der Waals surface area contributed by atoms with Crippen LogP contribution in [0.5, 0.6) is 17.2 Å². The molecule has 1 heterocycles. The molecule has 1 amide bonds. The van der Waals surface area contributed by atoms with Crippen molar-refractivity contribution in [2.45, 2.75) is 26.7 Å². The van der Waals surface area contributed by atoms with E-state index >= 15 is 0 Å². The van der Waals surface area contributed by atoms with E-state index in [4.69, 9.17) is 23.7 Å². The van der Waals surface area contributed by atoms with E-state index in [1.165, 1.54) is 7.11 Å². The van der Waals surface area contributed by atoms with Crippen molar-refractivity contribution >= 4 is 11.9 Å². The Balaban J connectivity index is 1.87. The number of fused-ring (bicyclic) bond motifs is 1. The van der Waals surface area contributed by atoms with Gasteiger partial charge in [-0.3, -0.25) is 4.79 Å². The maximum Gasteiger partial charge on any atom is 0.407 e. The molecule has 8 heteroatoms. The third-order valence-electron chi connectivity index (χ3n) is 5.40. The van der Waals surface area contributed by atoms with Gasteiger partial charge in [-0.25, -0.2) is 4.79 Å². The maximum atomic E-state index is 13.2. The molecule has 1 N–H and O–H groups in total. The van der Waals surface area contributed by atoms with Crippen LogP contribution in [0.4, 0.5) is 4.79 Å². The average Bonchev–Trinajstić information content (AvgIpc) is 3.26. The zero-order valence-electron chi connectivity index (χ0n) is 19.2. The Morgan fingerprint density at radius 1 is 1.19 bits per heavy atom. The van der Waals surface area contributed by atoms with Gasteiger partial charge >= 0.3 is 6.09 Å². The fraction of sp³-hybridized carbons (Fsp3) is 0.500. The van der Waals surface area contributed by atoms with Crippen LogP contribution in [-0.2, 0) is 14.3 Å². The number of hydrogen-bond donors (Lipinski definition) is 1. The van der Waals surface area contributed by atoms with E-state index in [-0.39, 0.29) is 24.9 Å². The summed E-state index contributed by atoms with van der Waals surface area (Å²) < 4.78 is 27.9. The van der Waals surface area contributed by atoms with E-state index in [0.29, 0.717) is 36.0 Å². The van der Waals surface area contributed by atoms with Crippen LogP contribution < -0.4 is 19.5 Å². The molecule has 0 fully saturated rings. The second kappa shape index (κ2) is 9.97. The molecule has 0 spiro atoms. The number of benzene rings is 1. The average molecular weight is 446 g/mol. The summed E-state index contributed by atoms with van der Waals surface area (Å²) in [7, 11) is 3.08. The van der Waals surface area contributed by atoms with Gasteiger partial charge in [-0.15, -0.1) is 0 Å². The molecule has 2 atom stereocenters. The number of carbonyl (C=O) groups excluding carboxylic acids is 2. The van der Waals surface area contributed by atoms with Crippen LogP contribution >= 0.6 is 0 Å². The highest BCUT2D eigenvalue weighted by atomic mass is 16.6. The number of rotatable bonds is 9. The van der Waals surface area contributed by atoms with Crippen LogP contribution in [0.25, 0.3) is 0 Å².